The van der Waals surface area contributed by atoms with Crippen LogP contribution in [0.25, 0.3) is 0 Å². The Morgan fingerprint density at radius 3 is 1.67 bits per heavy atom. The molecule has 0 amide bonds. The molecule has 0 aromatic heterocycles. The molecule has 10 heteroatoms. The average Bonchev–Trinajstić information content (AvgIpc) is 2.34. The zero-order valence-electron chi connectivity index (χ0n) is 12.5. The second kappa shape index (κ2) is 8.39. The van der Waals surface area contributed by atoms with Gasteiger partial charge >= 0.3 is 0 Å². The van der Waals surface area contributed by atoms with E-state index in [1.165, 1.54) is 0 Å². The molecular formula is C11H24N2O6S2. The Morgan fingerprint density at radius 1 is 0.762 bits per heavy atom. The molecule has 8 nitrogen and oxygen atoms in total. The number of hydrogen-bond acceptors (Lipinski definition) is 8. The standard InChI is InChI=1S/C11H24N2O6S2/c1-20(14,15)18-10-3-4-12-5-7-13(8-6-12)9-11-19-21(2,16)17/h3-11H2,1-2H3. The van der Waals surface area contributed by atoms with Crippen LogP contribution < -0.4 is 0 Å². The van der Waals surface area contributed by atoms with Crippen LogP contribution in [0.2, 0.25) is 0 Å². The number of nitrogens with zero attached hydrogens (tertiary/aromatic N) is 2. The van der Waals surface area contributed by atoms with Crippen molar-refractivity contribution < 1.29 is 25.2 Å². The van der Waals surface area contributed by atoms with Crippen molar-refractivity contribution in [3.8, 4) is 0 Å². The topological polar surface area (TPSA) is 93.2 Å². The summed E-state index contributed by atoms with van der Waals surface area (Å²) in [6.45, 7) is 5.22. The zero-order valence-corrected chi connectivity index (χ0v) is 14.2. The van der Waals surface area contributed by atoms with E-state index in [0.29, 0.717) is 13.0 Å². The van der Waals surface area contributed by atoms with Gasteiger partial charge in [-0.15, -0.1) is 0 Å². The molecule has 0 radical (unpaired) electrons. The first-order valence-corrected chi connectivity index (χ1v) is 10.4. The maximum atomic E-state index is 10.8. The summed E-state index contributed by atoms with van der Waals surface area (Å²) in [6.07, 6.45) is 2.76. The van der Waals surface area contributed by atoms with Gasteiger partial charge in [-0.25, -0.2) is 0 Å². The van der Waals surface area contributed by atoms with E-state index in [4.69, 9.17) is 4.18 Å². The molecule has 0 unspecified atom stereocenters. The highest BCUT2D eigenvalue weighted by molar-refractivity contribution is 7.86. The molecule has 1 aliphatic rings. The lowest BCUT2D eigenvalue weighted by atomic mass is 10.3. The second-order valence-corrected chi connectivity index (χ2v) is 8.38. The third-order valence-corrected chi connectivity index (χ3v) is 4.28. The summed E-state index contributed by atoms with van der Waals surface area (Å²) in [7, 11) is -6.71. The van der Waals surface area contributed by atoms with Gasteiger partial charge in [0.25, 0.3) is 20.2 Å². The van der Waals surface area contributed by atoms with Gasteiger partial charge in [-0.3, -0.25) is 13.3 Å². The SMILES string of the molecule is CS(=O)(=O)OCCCN1CCN(CCOS(C)(=O)=O)CC1. The Bertz CT molecular complexity index is 497. The summed E-state index contributed by atoms with van der Waals surface area (Å²) in [5.74, 6) is 0. The minimum atomic E-state index is -3.36. The summed E-state index contributed by atoms with van der Waals surface area (Å²) in [5.41, 5.74) is 0. The van der Waals surface area contributed by atoms with Gasteiger partial charge in [0, 0.05) is 39.3 Å². The minimum Gasteiger partial charge on any atom is -0.301 e. The van der Waals surface area contributed by atoms with Crippen molar-refractivity contribution >= 4 is 20.2 Å². The van der Waals surface area contributed by atoms with E-state index in [9.17, 15) is 16.8 Å². The lowest BCUT2D eigenvalue weighted by Gasteiger charge is -2.34. The van der Waals surface area contributed by atoms with E-state index in [1.54, 1.807) is 0 Å². The highest BCUT2D eigenvalue weighted by Crippen LogP contribution is 2.03. The highest BCUT2D eigenvalue weighted by atomic mass is 32.2. The molecule has 1 rings (SSSR count). The van der Waals surface area contributed by atoms with Crippen LogP contribution in [-0.4, -0.2) is 91.6 Å². The Balaban J connectivity index is 2.09. The molecule has 0 saturated carbocycles. The molecule has 21 heavy (non-hydrogen) atoms. The molecule has 0 atom stereocenters. The lowest BCUT2D eigenvalue weighted by molar-refractivity contribution is 0.114. The maximum absolute atomic E-state index is 10.8. The highest BCUT2D eigenvalue weighted by Gasteiger charge is 2.16. The van der Waals surface area contributed by atoms with Gasteiger partial charge in [-0.1, -0.05) is 0 Å². The van der Waals surface area contributed by atoms with Gasteiger partial charge in [-0.05, 0) is 6.42 Å². The van der Waals surface area contributed by atoms with E-state index in [0.717, 1.165) is 45.2 Å². The number of hydrogen-bond donors (Lipinski definition) is 0. The summed E-state index contributed by atoms with van der Waals surface area (Å²) < 4.78 is 52.7. The fourth-order valence-corrected chi connectivity index (χ4v) is 2.85. The summed E-state index contributed by atoms with van der Waals surface area (Å²) >= 11 is 0. The fraction of sp³-hybridized carbons (Fsp3) is 1.00. The Morgan fingerprint density at radius 2 is 1.19 bits per heavy atom. The molecule has 0 spiro atoms. The van der Waals surface area contributed by atoms with Crippen LogP contribution in [0.4, 0.5) is 0 Å². The van der Waals surface area contributed by atoms with Crippen LogP contribution in [0.5, 0.6) is 0 Å². The van der Waals surface area contributed by atoms with Crippen molar-refractivity contribution in [2.24, 2.45) is 0 Å². The molecule has 1 heterocycles. The van der Waals surface area contributed by atoms with Gasteiger partial charge < -0.3 is 4.90 Å². The fourth-order valence-electron chi connectivity index (χ4n) is 2.05. The first kappa shape index (κ1) is 18.8. The van der Waals surface area contributed by atoms with Gasteiger partial charge in [0.2, 0.25) is 0 Å². The summed E-state index contributed by atoms with van der Waals surface area (Å²) in [5, 5.41) is 0. The van der Waals surface area contributed by atoms with E-state index in [2.05, 4.69) is 14.0 Å². The third-order valence-electron chi connectivity index (χ3n) is 3.09. The Kier molecular flexibility index (Phi) is 7.51. The van der Waals surface area contributed by atoms with Gasteiger partial charge in [-0.2, -0.15) is 16.8 Å². The zero-order chi connectivity index (χ0) is 15.9. The van der Waals surface area contributed by atoms with Crippen molar-refractivity contribution in [3.05, 3.63) is 0 Å². The van der Waals surface area contributed by atoms with Gasteiger partial charge in [0.05, 0.1) is 25.7 Å². The molecule has 0 N–H and O–H groups in total. The van der Waals surface area contributed by atoms with Crippen molar-refractivity contribution in [2.75, 3.05) is 65.0 Å². The maximum Gasteiger partial charge on any atom is 0.264 e. The van der Waals surface area contributed by atoms with Crippen molar-refractivity contribution in [1.29, 1.82) is 0 Å². The Labute approximate surface area is 127 Å². The van der Waals surface area contributed by atoms with Crippen molar-refractivity contribution in [1.82, 2.24) is 9.80 Å². The lowest BCUT2D eigenvalue weighted by Crippen LogP contribution is -2.47. The molecule has 1 aliphatic heterocycles. The summed E-state index contributed by atoms with van der Waals surface area (Å²) in [6, 6.07) is 0. The molecule has 0 aromatic carbocycles. The number of rotatable bonds is 9. The van der Waals surface area contributed by atoms with E-state index in [1.807, 2.05) is 0 Å². The van der Waals surface area contributed by atoms with Crippen LogP contribution in [0.1, 0.15) is 6.42 Å². The van der Waals surface area contributed by atoms with E-state index >= 15 is 0 Å². The smallest absolute Gasteiger partial charge is 0.264 e. The average molecular weight is 344 g/mol. The quantitative estimate of drug-likeness (QED) is 0.386. The largest absolute Gasteiger partial charge is 0.301 e. The predicted octanol–water partition coefficient (Wildman–Crippen LogP) is -1.05. The van der Waals surface area contributed by atoms with Crippen LogP contribution in [0.15, 0.2) is 0 Å². The first-order chi connectivity index (χ1) is 9.66. The molecule has 0 aliphatic carbocycles. The predicted molar refractivity (Wildman–Crippen MR) is 79.1 cm³/mol. The monoisotopic (exact) mass is 344 g/mol. The van der Waals surface area contributed by atoms with Gasteiger partial charge in [0.15, 0.2) is 0 Å². The van der Waals surface area contributed by atoms with Crippen LogP contribution in [0, 0.1) is 0 Å². The first-order valence-electron chi connectivity index (χ1n) is 6.79. The van der Waals surface area contributed by atoms with Crippen LogP contribution in [0.3, 0.4) is 0 Å². The molecule has 1 saturated heterocycles. The minimum absolute atomic E-state index is 0.182. The molecule has 126 valence electrons. The van der Waals surface area contributed by atoms with Gasteiger partial charge in [0.1, 0.15) is 0 Å². The van der Waals surface area contributed by atoms with Crippen molar-refractivity contribution in [3.63, 3.8) is 0 Å². The molecular weight excluding hydrogens is 320 g/mol. The van der Waals surface area contributed by atoms with Crippen molar-refractivity contribution in [2.45, 2.75) is 6.42 Å². The number of piperazine rings is 1. The van der Waals surface area contributed by atoms with Crippen LogP contribution in [-0.2, 0) is 28.6 Å². The summed E-state index contributed by atoms with van der Waals surface area (Å²) in [4.78, 5) is 4.38. The second-order valence-electron chi connectivity index (χ2n) is 5.09. The molecule has 0 aromatic rings. The van der Waals surface area contributed by atoms with E-state index < -0.39 is 20.2 Å². The third kappa shape index (κ3) is 10.1. The normalized spacial score (nSPS) is 19.0. The van der Waals surface area contributed by atoms with Crippen LogP contribution >= 0.6 is 0 Å². The molecule has 0 bridgehead atoms. The Hall–Kier alpha value is -0.260. The molecule has 1 fully saturated rings. The van der Waals surface area contributed by atoms with E-state index in [-0.39, 0.29) is 13.2 Å².